The van der Waals surface area contributed by atoms with E-state index in [4.69, 9.17) is 0 Å². The number of rotatable bonds is 3. The Morgan fingerprint density at radius 2 is 2.05 bits per heavy atom. The van der Waals surface area contributed by atoms with Crippen LogP contribution in [0, 0.1) is 6.92 Å². The monoisotopic (exact) mass is 319 g/mol. The smallest absolute Gasteiger partial charge is 0.270 e. The van der Waals surface area contributed by atoms with Crippen LogP contribution in [-0.4, -0.2) is 63.6 Å². The van der Waals surface area contributed by atoms with Crippen molar-refractivity contribution >= 4 is 29.1 Å². The van der Waals surface area contributed by atoms with Crippen molar-refractivity contribution in [3.63, 3.8) is 0 Å². The number of carbonyl (C=O) groups is 1. The van der Waals surface area contributed by atoms with Crippen molar-refractivity contribution in [2.45, 2.75) is 6.92 Å². The summed E-state index contributed by atoms with van der Waals surface area (Å²) >= 11 is 1.08. The molecule has 0 saturated carbocycles. The van der Waals surface area contributed by atoms with Crippen LogP contribution in [0.4, 0.5) is 11.6 Å². The summed E-state index contributed by atoms with van der Waals surface area (Å²) in [6, 6.07) is 1.80. The fourth-order valence-electron chi connectivity index (χ4n) is 2.24. The molecule has 0 spiro atoms. The van der Waals surface area contributed by atoms with Crippen LogP contribution in [-0.2, 0) is 0 Å². The van der Waals surface area contributed by atoms with Crippen LogP contribution >= 0.6 is 11.5 Å². The van der Waals surface area contributed by atoms with Gasteiger partial charge in [0, 0.05) is 32.2 Å². The Kier molecular flexibility index (Phi) is 4.25. The van der Waals surface area contributed by atoms with Crippen molar-refractivity contribution in [1.29, 1.82) is 0 Å². The van der Waals surface area contributed by atoms with Gasteiger partial charge in [0.15, 0.2) is 0 Å². The maximum atomic E-state index is 12.2. The van der Waals surface area contributed by atoms with Gasteiger partial charge in [0.2, 0.25) is 0 Å². The predicted octanol–water partition coefficient (Wildman–Crippen LogP) is 0.641. The normalized spacial score (nSPS) is 15.8. The van der Waals surface area contributed by atoms with Crippen LogP contribution in [0.1, 0.15) is 15.4 Å². The topological polar surface area (TPSA) is 87.1 Å². The summed E-state index contributed by atoms with van der Waals surface area (Å²) in [6.45, 7) is 5.58. The number of nitrogens with zero attached hydrogens (tertiary/aromatic N) is 6. The average Bonchev–Trinajstić information content (AvgIpc) is 2.94. The van der Waals surface area contributed by atoms with E-state index in [1.54, 1.807) is 13.0 Å². The van der Waals surface area contributed by atoms with Gasteiger partial charge in [0.25, 0.3) is 5.91 Å². The fourth-order valence-corrected chi connectivity index (χ4v) is 2.79. The molecule has 1 N–H and O–H groups in total. The van der Waals surface area contributed by atoms with Crippen LogP contribution in [0.15, 0.2) is 12.4 Å². The van der Waals surface area contributed by atoms with E-state index in [-0.39, 0.29) is 5.91 Å². The second kappa shape index (κ2) is 6.32. The summed E-state index contributed by atoms with van der Waals surface area (Å²) in [4.78, 5) is 25.5. The second-order valence-corrected chi connectivity index (χ2v) is 5.95. The lowest BCUT2D eigenvalue weighted by molar-refractivity contribution is 0.102. The largest absolute Gasteiger partial charge is 0.354 e. The van der Waals surface area contributed by atoms with Crippen LogP contribution in [0.2, 0.25) is 0 Å². The Hall–Kier alpha value is -2.13. The minimum absolute atomic E-state index is 0.240. The van der Waals surface area contributed by atoms with E-state index in [9.17, 15) is 4.79 Å². The molecule has 2 aromatic rings. The molecule has 22 heavy (non-hydrogen) atoms. The number of aryl methyl sites for hydroxylation is 1. The van der Waals surface area contributed by atoms with E-state index in [0.29, 0.717) is 16.4 Å². The van der Waals surface area contributed by atoms with E-state index in [0.717, 1.165) is 43.5 Å². The highest BCUT2D eigenvalue weighted by molar-refractivity contribution is 7.08. The molecule has 8 nitrogen and oxygen atoms in total. The zero-order valence-electron chi connectivity index (χ0n) is 12.5. The lowest BCUT2D eigenvalue weighted by atomic mass is 10.3. The Bertz CT molecular complexity index is 666. The number of hydrogen-bond donors (Lipinski definition) is 1. The minimum Gasteiger partial charge on any atom is -0.354 e. The second-order valence-electron chi connectivity index (χ2n) is 5.19. The third-order valence-corrected chi connectivity index (χ3v) is 4.41. The minimum atomic E-state index is -0.240. The fraction of sp³-hybridized carbons (Fsp3) is 0.462. The molecule has 1 saturated heterocycles. The van der Waals surface area contributed by atoms with Crippen LogP contribution in [0.3, 0.4) is 0 Å². The summed E-state index contributed by atoms with van der Waals surface area (Å²) < 4.78 is 3.77. The quantitative estimate of drug-likeness (QED) is 0.888. The van der Waals surface area contributed by atoms with Gasteiger partial charge in [-0.15, -0.1) is 5.10 Å². The van der Waals surface area contributed by atoms with Crippen molar-refractivity contribution in [1.82, 2.24) is 24.5 Å². The van der Waals surface area contributed by atoms with Gasteiger partial charge in [-0.25, -0.2) is 9.97 Å². The van der Waals surface area contributed by atoms with Crippen molar-refractivity contribution in [3.8, 4) is 0 Å². The molecular formula is C13H17N7OS. The summed E-state index contributed by atoms with van der Waals surface area (Å²) in [5.74, 6) is 1.08. The van der Waals surface area contributed by atoms with Gasteiger partial charge in [-0.1, -0.05) is 4.49 Å². The molecule has 0 atom stereocenters. The van der Waals surface area contributed by atoms with Gasteiger partial charge < -0.3 is 15.1 Å². The highest BCUT2D eigenvalue weighted by Crippen LogP contribution is 2.17. The van der Waals surface area contributed by atoms with Gasteiger partial charge in [0.1, 0.15) is 22.8 Å². The highest BCUT2D eigenvalue weighted by atomic mass is 32.1. The van der Waals surface area contributed by atoms with Gasteiger partial charge in [-0.2, -0.15) is 0 Å². The van der Waals surface area contributed by atoms with Crippen molar-refractivity contribution in [2.24, 2.45) is 0 Å². The molecule has 1 aliphatic heterocycles. The number of carbonyl (C=O) groups excluding carboxylic acids is 1. The third kappa shape index (κ3) is 3.20. The highest BCUT2D eigenvalue weighted by Gasteiger charge is 2.17. The lowest BCUT2D eigenvalue weighted by Gasteiger charge is -2.33. The van der Waals surface area contributed by atoms with E-state index in [2.05, 4.69) is 41.7 Å². The van der Waals surface area contributed by atoms with Gasteiger partial charge >= 0.3 is 0 Å². The Morgan fingerprint density at radius 1 is 1.27 bits per heavy atom. The Labute approximate surface area is 132 Å². The molecule has 0 bridgehead atoms. The molecule has 1 fully saturated rings. The predicted molar refractivity (Wildman–Crippen MR) is 84.3 cm³/mol. The molecule has 1 amide bonds. The first-order chi connectivity index (χ1) is 10.6. The van der Waals surface area contributed by atoms with E-state index in [1.807, 2.05) is 0 Å². The third-order valence-electron chi connectivity index (χ3n) is 3.58. The molecule has 116 valence electrons. The van der Waals surface area contributed by atoms with Crippen molar-refractivity contribution in [3.05, 3.63) is 23.0 Å². The summed E-state index contributed by atoms with van der Waals surface area (Å²) in [5.41, 5.74) is 0.621. The van der Waals surface area contributed by atoms with Crippen LogP contribution < -0.4 is 10.2 Å². The average molecular weight is 319 g/mol. The number of nitrogens with one attached hydrogen (secondary N) is 1. The van der Waals surface area contributed by atoms with Crippen LogP contribution in [0.5, 0.6) is 0 Å². The molecule has 0 aliphatic carbocycles. The number of piperazine rings is 1. The lowest BCUT2D eigenvalue weighted by Crippen LogP contribution is -2.44. The number of aromatic nitrogens is 4. The molecular weight excluding hydrogens is 302 g/mol. The number of likely N-dealkylation sites (N-methyl/N-ethyl adjacent to an activating group) is 1. The molecule has 0 radical (unpaired) electrons. The van der Waals surface area contributed by atoms with E-state index < -0.39 is 0 Å². The number of amides is 1. The van der Waals surface area contributed by atoms with Gasteiger partial charge in [-0.05, 0) is 25.5 Å². The molecule has 0 unspecified atom stereocenters. The molecule has 0 aromatic carbocycles. The molecule has 9 heteroatoms. The standard InChI is InChI=1S/C13H17N7OS/c1-9-12(22-18-17-9)13(21)16-10-7-11(15-8-14-10)20-5-3-19(2)4-6-20/h7-8H,3-6H2,1-2H3,(H,14,15,16,21). The Balaban J connectivity index is 1.71. The van der Waals surface area contributed by atoms with Gasteiger partial charge in [0.05, 0.1) is 5.69 Å². The van der Waals surface area contributed by atoms with E-state index >= 15 is 0 Å². The number of hydrogen-bond acceptors (Lipinski definition) is 8. The summed E-state index contributed by atoms with van der Waals surface area (Å²) in [6.07, 6.45) is 1.47. The first-order valence-corrected chi connectivity index (χ1v) is 7.76. The maximum absolute atomic E-state index is 12.2. The van der Waals surface area contributed by atoms with Crippen molar-refractivity contribution in [2.75, 3.05) is 43.4 Å². The summed E-state index contributed by atoms with van der Waals surface area (Å²) in [7, 11) is 2.11. The Morgan fingerprint density at radius 3 is 2.73 bits per heavy atom. The first-order valence-electron chi connectivity index (χ1n) is 6.99. The van der Waals surface area contributed by atoms with E-state index in [1.165, 1.54) is 6.33 Å². The molecule has 2 aromatic heterocycles. The zero-order valence-corrected chi connectivity index (χ0v) is 13.3. The zero-order chi connectivity index (χ0) is 15.5. The summed E-state index contributed by atoms with van der Waals surface area (Å²) in [5, 5.41) is 6.62. The number of anilines is 2. The molecule has 3 heterocycles. The molecule has 1 aliphatic rings. The van der Waals surface area contributed by atoms with Gasteiger partial charge in [-0.3, -0.25) is 4.79 Å². The maximum Gasteiger partial charge on any atom is 0.270 e. The first kappa shape index (κ1) is 14.8. The van der Waals surface area contributed by atoms with Crippen molar-refractivity contribution < 1.29 is 4.79 Å². The SMILES string of the molecule is Cc1nnsc1C(=O)Nc1cc(N2CCN(C)CC2)ncn1. The van der Waals surface area contributed by atoms with Crippen LogP contribution in [0.25, 0.3) is 0 Å². The molecule has 3 rings (SSSR count).